The molecule has 2 N–H and O–H groups in total. The molecule has 26 heavy (non-hydrogen) atoms. The summed E-state index contributed by atoms with van der Waals surface area (Å²) in [5.41, 5.74) is 3.00. The van der Waals surface area contributed by atoms with Gasteiger partial charge in [0.2, 0.25) is 0 Å². The van der Waals surface area contributed by atoms with Crippen molar-refractivity contribution in [2.45, 2.75) is 26.2 Å². The van der Waals surface area contributed by atoms with Gasteiger partial charge in [-0.1, -0.05) is 31.5 Å². The van der Waals surface area contributed by atoms with E-state index in [-0.39, 0.29) is 5.91 Å². The quantitative estimate of drug-likeness (QED) is 0.650. The average Bonchev–Trinajstić information content (AvgIpc) is 3.09. The number of hydrogen-bond donors (Lipinski definition) is 2. The Hall–Kier alpha value is -2.82. The van der Waals surface area contributed by atoms with Gasteiger partial charge in [-0.25, -0.2) is 4.98 Å². The summed E-state index contributed by atoms with van der Waals surface area (Å²) in [6.07, 6.45) is 6.76. The van der Waals surface area contributed by atoms with Crippen LogP contribution < -0.4 is 10.2 Å². The number of para-hydroxylation sites is 1. The molecule has 0 radical (unpaired) electrons. The van der Waals surface area contributed by atoms with Crippen LogP contribution in [0.15, 0.2) is 48.8 Å². The molecule has 3 rings (SSSR count). The van der Waals surface area contributed by atoms with Gasteiger partial charge >= 0.3 is 0 Å². The summed E-state index contributed by atoms with van der Waals surface area (Å²) in [7, 11) is 2.01. The maximum absolute atomic E-state index is 12.5. The van der Waals surface area contributed by atoms with E-state index in [2.05, 4.69) is 39.2 Å². The van der Waals surface area contributed by atoms with Crippen LogP contribution in [0.1, 0.15) is 35.7 Å². The van der Waals surface area contributed by atoms with E-state index in [1.807, 2.05) is 31.4 Å². The maximum atomic E-state index is 12.5. The molecule has 5 heteroatoms. The molecular formula is C21H26N4O. The normalized spacial score (nSPS) is 10.8. The van der Waals surface area contributed by atoms with Crippen LogP contribution in [0, 0.1) is 0 Å². The van der Waals surface area contributed by atoms with Gasteiger partial charge in [0, 0.05) is 49.0 Å². The van der Waals surface area contributed by atoms with Gasteiger partial charge in [-0.05, 0) is 36.6 Å². The molecule has 0 unspecified atom stereocenters. The highest BCUT2D eigenvalue weighted by molar-refractivity contribution is 5.94. The second-order valence-corrected chi connectivity index (χ2v) is 6.54. The standard InChI is InChI=1S/C21H26N4O/c1-3-4-13-25(2)20-14-16(9-11-22-20)21(26)23-12-10-17-15-24-19-8-6-5-7-18(17)19/h5-9,11,14-15,24H,3-4,10,12-13H2,1-2H3,(H,23,26). The Morgan fingerprint density at radius 3 is 2.96 bits per heavy atom. The molecule has 1 amide bonds. The molecule has 0 aliphatic heterocycles. The molecule has 0 saturated heterocycles. The SMILES string of the molecule is CCCCN(C)c1cc(C(=O)NCCc2c[nH]c3ccccc23)ccn1. The number of pyridine rings is 1. The summed E-state index contributed by atoms with van der Waals surface area (Å²) in [5, 5.41) is 4.23. The van der Waals surface area contributed by atoms with Crippen LogP contribution in [-0.4, -0.2) is 36.0 Å². The third-order valence-corrected chi connectivity index (χ3v) is 4.60. The molecule has 2 aromatic heterocycles. The Morgan fingerprint density at radius 1 is 1.27 bits per heavy atom. The number of fused-ring (bicyclic) bond motifs is 1. The highest BCUT2D eigenvalue weighted by Gasteiger charge is 2.09. The highest BCUT2D eigenvalue weighted by Crippen LogP contribution is 2.18. The van der Waals surface area contributed by atoms with Crippen molar-refractivity contribution in [3.63, 3.8) is 0 Å². The third-order valence-electron chi connectivity index (χ3n) is 4.60. The maximum Gasteiger partial charge on any atom is 0.251 e. The number of hydrogen-bond acceptors (Lipinski definition) is 3. The van der Waals surface area contributed by atoms with E-state index in [1.165, 1.54) is 10.9 Å². The van der Waals surface area contributed by atoms with E-state index in [0.717, 1.165) is 37.1 Å². The Kier molecular flexibility index (Phi) is 5.89. The van der Waals surface area contributed by atoms with Crippen molar-refractivity contribution >= 4 is 22.6 Å². The smallest absolute Gasteiger partial charge is 0.251 e. The zero-order valence-corrected chi connectivity index (χ0v) is 15.5. The predicted octanol–water partition coefficient (Wildman–Crippen LogP) is 3.77. The van der Waals surface area contributed by atoms with Crippen molar-refractivity contribution in [3.05, 3.63) is 59.9 Å². The fraction of sp³-hybridized carbons (Fsp3) is 0.333. The van der Waals surface area contributed by atoms with Crippen molar-refractivity contribution in [2.75, 3.05) is 25.0 Å². The van der Waals surface area contributed by atoms with Gasteiger partial charge in [0.25, 0.3) is 5.91 Å². The predicted molar refractivity (Wildman–Crippen MR) is 107 cm³/mol. The lowest BCUT2D eigenvalue weighted by Gasteiger charge is -2.18. The number of nitrogens with zero attached hydrogens (tertiary/aromatic N) is 2. The van der Waals surface area contributed by atoms with Gasteiger partial charge in [-0.3, -0.25) is 4.79 Å². The lowest BCUT2D eigenvalue weighted by molar-refractivity contribution is 0.0954. The first-order valence-corrected chi connectivity index (χ1v) is 9.19. The minimum absolute atomic E-state index is 0.0580. The summed E-state index contributed by atoms with van der Waals surface area (Å²) in [6.45, 7) is 3.71. The number of benzene rings is 1. The molecule has 0 aliphatic carbocycles. The van der Waals surface area contributed by atoms with E-state index in [0.29, 0.717) is 12.1 Å². The van der Waals surface area contributed by atoms with E-state index < -0.39 is 0 Å². The van der Waals surface area contributed by atoms with Crippen molar-refractivity contribution in [1.29, 1.82) is 0 Å². The van der Waals surface area contributed by atoms with E-state index in [4.69, 9.17) is 0 Å². The van der Waals surface area contributed by atoms with Gasteiger partial charge < -0.3 is 15.2 Å². The van der Waals surface area contributed by atoms with Crippen LogP contribution in [0.2, 0.25) is 0 Å². The van der Waals surface area contributed by atoms with Crippen LogP contribution in [0.4, 0.5) is 5.82 Å². The number of carbonyl (C=O) groups excluding carboxylic acids is 1. The van der Waals surface area contributed by atoms with E-state index >= 15 is 0 Å². The fourth-order valence-corrected chi connectivity index (χ4v) is 3.03. The first-order valence-electron chi connectivity index (χ1n) is 9.19. The first-order chi connectivity index (χ1) is 12.7. The number of H-pyrrole nitrogens is 1. The molecule has 136 valence electrons. The van der Waals surface area contributed by atoms with Crippen molar-refractivity contribution in [2.24, 2.45) is 0 Å². The monoisotopic (exact) mass is 350 g/mol. The number of aromatic nitrogens is 2. The molecular weight excluding hydrogens is 324 g/mol. The van der Waals surface area contributed by atoms with Gasteiger partial charge in [-0.2, -0.15) is 0 Å². The number of amides is 1. The number of nitrogens with one attached hydrogen (secondary N) is 2. The summed E-state index contributed by atoms with van der Waals surface area (Å²) >= 11 is 0. The number of carbonyl (C=O) groups is 1. The molecule has 0 bridgehead atoms. The zero-order chi connectivity index (χ0) is 18.4. The second kappa shape index (κ2) is 8.52. The summed E-state index contributed by atoms with van der Waals surface area (Å²) in [6, 6.07) is 11.8. The lowest BCUT2D eigenvalue weighted by Crippen LogP contribution is -2.26. The minimum atomic E-state index is -0.0580. The Morgan fingerprint density at radius 2 is 2.12 bits per heavy atom. The summed E-state index contributed by atoms with van der Waals surface area (Å²) in [4.78, 5) is 22.2. The Balaban J connectivity index is 1.58. The molecule has 0 saturated carbocycles. The molecule has 0 spiro atoms. The molecule has 0 atom stereocenters. The topological polar surface area (TPSA) is 61.0 Å². The Bertz CT molecular complexity index is 871. The van der Waals surface area contributed by atoms with Crippen LogP contribution in [0.25, 0.3) is 10.9 Å². The second-order valence-electron chi connectivity index (χ2n) is 6.54. The molecule has 1 aromatic carbocycles. The Labute approximate surface area is 154 Å². The van der Waals surface area contributed by atoms with Gasteiger partial charge in [-0.15, -0.1) is 0 Å². The van der Waals surface area contributed by atoms with E-state index in [9.17, 15) is 4.79 Å². The number of aromatic amines is 1. The molecule has 0 aliphatic rings. The third kappa shape index (κ3) is 4.23. The number of rotatable bonds is 8. The van der Waals surface area contributed by atoms with Crippen LogP contribution in [0.3, 0.4) is 0 Å². The zero-order valence-electron chi connectivity index (χ0n) is 15.5. The fourth-order valence-electron chi connectivity index (χ4n) is 3.03. The van der Waals surface area contributed by atoms with Crippen molar-refractivity contribution in [1.82, 2.24) is 15.3 Å². The van der Waals surface area contributed by atoms with Crippen LogP contribution in [-0.2, 0) is 6.42 Å². The largest absolute Gasteiger partial charge is 0.361 e. The van der Waals surface area contributed by atoms with E-state index in [1.54, 1.807) is 12.3 Å². The van der Waals surface area contributed by atoms with Crippen molar-refractivity contribution < 1.29 is 4.79 Å². The first kappa shape index (κ1) is 18.0. The van der Waals surface area contributed by atoms with Gasteiger partial charge in [0.1, 0.15) is 5.82 Å². The molecule has 3 aromatic rings. The summed E-state index contributed by atoms with van der Waals surface area (Å²) in [5.74, 6) is 0.778. The van der Waals surface area contributed by atoms with Gasteiger partial charge in [0.15, 0.2) is 0 Å². The van der Waals surface area contributed by atoms with Crippen LogP contribution in [0.5, 0.6) is 0 Å². The summed E-state index contributed by atoms with van der Waals surface area (Å²) < 4.78 is 0. The average molecular weight is 350 g/mol. The van der Waals surface area contributed by atoms with Gasteiger partial charge in [0.05, 0.1) is 0 Å². The van der Waals surface area contributed by atoms with Crippen molar-refractivity contribution in [3.8, 4) is 0 Å². The minimum Gasteiger partial charge on any atom is -0.361 e. The lowest BCUT2D eigenvalue weighted by atomic mass is 10.1. The highest BCUT2D eigenvalue weighted by atomic mass is 16.1. The molecule has 2 heterocycles. The molecule has 0 fully saturated rings. The number of anilines is 1. The van der Waals surface area contributed by atoms with Crippen LogP contribution >= 0.6 is 0 Å². The molecule has 5 nitrogen and oxygen atoms in total. The number of unbranched alkanes of at least 4 members (excludes halogenated alkanes) is 1.